The van der Waals surface area contributed by atoms with Gasteiger partial charge in [0.15, 0.2) is 0 Å². The number of esters is 1. The van der Waals surface area contributed by atoms with Crippen molar-refractivity contribution in [2.75, 3.05) is 27.2 Å². The molecule has 1 heterocycles. The second-order valence-corrected chi connectivity index (χ2v) is 8.11. The fraction of sp³-hybridized carbons (Fsp3) is 0.304. The summed E-state index contributed by atoms with van der Waals surface area (Å²) in [7, 11) is 3.57. The van der Waals surface area contributed by atoms with Gasteiger partial charge < -0.3 is 10.1 Å². The lowest BCUT2D eigenvalue weighted by Gasteiger charge is -2.36. The van der Waals surface area contributed by atoms with E-state index in [0.717, 1.165) is 5.56 Å². The Morgan fingerprint density at radius 1 is 1.13 bits per heavy atom. The topological polar surface area (TPSA) is 61.9 Å². The van der Waals surface area contributed by atoms with Crippen molar-refractivity contribution in [1.82, 2.24) is 15.1 Å². The quantitative estimate of drug-likeness (QED) is 0.610. The first-order valence-electron chi connectivity index (χ1n) is 9.94. The number of nitrogens with one attached hydrogen (secondary N) is 1. The average Bonchev–Trinajstić information content (AvgIpc) is 2.74. The van der Waals surface area contributed by atoms with Gasteiger partial charge in [-0.15, -0.1) is 0 Å². The summed E-state index contributed by atoms with van der Waals surface area (Å²) >= 11 is 12.6. The number of hydrogen-bond donors (Lipinski definition) is 1. The average molecular weight is 462 g/mol. The highest BCUT2D eigenvalue weighted by molar-refractivity contribution is 6.42. The van der Waals surface area contributed by atoms with E-state index in [1.807, 2.05) is 42.3 Å². The summed E-state index contributed by atoms with van der Waals surface area (Å²) in [6.07, 6.45) is 0. The number of nitrogens with zero attached hydrogens (tertiary/aromatic N) is 2. The lowest BCUT2D eigenvalue weighted by Crippen LogP contribution is -2.49. The smallest absolute Gasteiger partial charge is 0.338 e. The van der Waals surface area contributed by atoms with Gasteiger partial charge >= 0.3 is 12.0 Å². The normalized spacial score (nSPS) is 16.5. The highest BCUT2D eigenvalue weighted by Gasteiger charge is 2.38. The van der Waals surface area contributed by atoms with E-state index in [1.54, 1.807) is 32.2 Å². The SMILES string of the molecule is CCOC(=O)C1=C(CN(C)Cc2ccccc2)N(C)C(=O)N[C@@H]1c1cccc(Cl)c1Cl. The Hall–Kier alpha value is -2.54. The Balaban J connectivity index is 2.05. The zero-order chi connectivity index (χ0) is 22.5. The maximum atomic E-state index is 13.0. The van der Waals surface area contributed by atoms with Gasteiger partial charge in [-0.05, 0) is 31.2 Å². The maximum Gasteiger partial charge on any atom is 0.338 e. The summed E-state index contributed by atoms with van der Waals surface area (Å²) in [6, 6.07) is 14.0. The monoisotopic (exact) mass is 461 g/mol. The van der Waals surface area contributed by atoms with Gasteiger partial charge in [-0.1, -0.05) is 65.7 Å². The van der Waals surface area contributed by atoms with Crippen LogP contribution in [0.5, 0.6) is 0 Å². The van der Waals surface area contributed by atoms with E-state index in [0.29, 0.717) is 34.9 Å². The summed E-state index contributed by atoms with van der Waals surface area (Å²) in [5.41, 5.74) is 2.57. The molecule has 2 aromatic carbocycles. The molecule has 0 bridgehead atoms. The number of rotatable bonds is 7. The fourth-order valence-corrected chi connectivity index (χ4v) is 4.00. The molecular formula is C23H25Cl2N3O3. The van der Waals surface area contributed by atoms with Crippen LogP contribution in [0.3, 0.4) is 0 Å². The molecule has 1 N–H and O–H groups in total. The largest absolute Gasteiger partial charge is 0.463 e. The molecule has 0 unspecified atom stereocenters. The molecular weight excluding hydrogens is 437 g/mol. The summed E-state index contributed by atoms with van der Waals surface area (Å²) in [5.74, 6) is -0.501. The molecule has 0 saturated carbocycles. The van der Waals surface area contributed by atoms with Gasteiger partial charge in [0.1, 0.15) is 0 Å². The minimum atomic E-state index is -0.769. The molecule has 31 heavy (non-hydrogen) atoms. The number of ether oxygens (including phenoxy) is 1. The van der Waals surface area contributed by atoms with Crippen LogP contribution in [0.25, 0.3) is 0 Å². The molecule has 8 heteroatoms. The maximum absolute atomic E-state index is 13.0. The van der Waals surface area contributed by atoms with Gasteiger partial charge in [-0.25, -0.2) is 9.59 Å². The van der Waals surface area contributed by atoms with E-state index in [4.69, 9.17) is 27.9 Å². The third-order valence-corrected chi connectivity index (χ3v) is 5.91. The number of hydrogen-bond acceptors (Lipinski definition) is 4. The van der Waals surface area contributed by atoms with Crippen molar-refractivity contribution < 1.29 is 14.3 Å². The van der Waals surface area contributed by atoms with Gasteiger partial charge in [-0.3, -0.25) is 9.80 Å². The molecule has 0 spiro atoms. The predicted octanol–water partition coefficient (Wildman–Crippen LogP) is 4.64. The first-order chi connectivity index (χ1) is 14.8. The molecule has 0 radical (unpaired) electrons. The molecule has 1 aliphatic heterocycles. The zero-order valence-electron chi connectivity index (χ0n) is 17.7. The molecule has 2 aromatic rings. The standard InChI is InChI=1S/C23H25Cl2N3O3/c1-4-31-22(29)19-18(14-27(2)13-15-9-6-5-7-10-15)28(3)23(30)26-21(19)16-11-8-12-17(24)20(16)25/h5-12,21H,4,13-14H2,1-3H3,(H,26,30)/t21-/m1/s1. The Labute approximate surface area is 192 Å². The molecule has 2 amide bonds. The number of halogens is 2. The van der Waals surface area contributed by atoms with E-state index in [2.05, 4.69) is 5.32 Å². The van der Waals surface area contributed by atoms with E-state index in [9.17, 15) is 9.59 Å². The number of carbonyl (C=O) groups excluding carboxylic acids is 2. The fourth-order valence-electron chi connectivity index (χ4n) is 3.58. The third kappa shape index (κ3) is 5.21. The minimum Gasteiger partial charge on any atom is -0.463 e. The van der Waals surface area contributed by atoms with E-state index >= 15 is 0 Å². The Morgan fingerprint density at radius 3 is 2.52 bits per heavy atom. The van der Waals surface area contributed by atoms with Crippen molar-refractivity contribution in [2.24, 2.45) is 0 Å². The van der Waals surface area contributed by atoms with Crippen LogP contribution in [-0.2, 0) is 16.1 Å². The van der Waals surface area contributed by atoms with Gasteiger partial charge in [-0.2, -0.15) is 0 Å². The molecule has 1 aliphatic rings. The second-order valence-electron chi connectivity index (χ2n) is 7.32. The van der Waals surface area contributed by atoms with Crippen LogP contribution in [0.4, 0.5) is 4.79 Å². The lowest BCUT2D eigenvalue weighted by atomic mass is 9.94. The molecule has 0 saturated heterocycles. The highest BCUT2D eigenvalue weighted by Crippen LogP contribution is 2.37. The zero-order valence-corrected chi connectivity index (χ0v) is 19.2. The summed E-state index contributed by atoms with van der Waals surface area (Å²) < 4.78 is 5.35. The molecule has 164 valence electrons. The Bertz CT molecular complexity index is 995. The number of urea groups is 1. The number of benzene rings is 2. The van der Waals surface area contributed by atoms with Crippen LogP contribution in [0.15, 0.2) is 59.8 Å². The van der Waals surface area contributed by atoms with Crippen LogP contribution in [0.2, 0.25) is 10.0 Å². The van der Waals surface area contributed by atoms with Crippen LogP contribution in [0.1, 0.15) is 24.1 Å². The van der Waals surface area contributed by atoms with Gasteiger partial charge in [0.2, 0.25) is 0 Å². The van der Waals surface area contributed by atoms with Crippen molar-refractivity contribution in [2.45, 2.75) is 19.5 Å². The van der Waals surface area contributed by atoms with Crippen molar-refractivity contribution in [3.8, 4) is 0 Å². The third-order valence-electron chi connectivity index (χ3n) is 5.08. The summed E-state index contributed by atoms with van der Waals surface area (Å²) in [5, 5.41) is 3.49. The Morgan fingerprint density at radius 2 is 1.84 bits per heavy atom. The lowest BCUT2D eigenvalue weighted by molar-refractivity contribution is -0.139. The molecule has 6 nitrogen and oxygen atoms in total. The van der Waals surface area contributed by atoms with E-state index in [1.165, 1.54) is 4.90 Å². The predicted molar refractivity (Wildman–Crippen MR) is 122 cm³/mol. The van der Waals surface area contributed by atoms with Gasteiger partial charge in [0, 0.05) is 25.8 Å². The van der Waals surface area contributed by atoms with Gasteiger partial charge in [0.25, 0.3) is 0 Å². The second kappa shape index (κ2) is 10.2. The van der Waals surface area contributed by atoms with Crippen LogP contribution < -0.4 is 5.32 Å². The summed E-state index contributed by atoms with van der Waals surface area (Å²) in [6.45, 7) is 2.97. The van der Waals surface area contributed by atoms with Crippen LogP contribution in [0, 0.1) is 0 Å². The Kier molecular flexibility index (Phi) is 7.59. The van der Waals surface area contributed by atoms with Crippen molar-refractivity contribution >= 4 is 35.2 Å². The van der Waals surface area contributed by atoms with Crippen LogP contribution >= 0.6 is 23.2 Å². The van der Waals surface area contributed by atoms with Crippen LogP contribution in [-0.4, -0.2) is 49.0 Å². The number of amides is 2. The molecule has 0 aliphatic carbocycles. The molecule has 3 rings (SSSR count). The minimum absolute atomic E-state index is 0.211. The van der Waals surface area contributed by atoms with Crippen molar-refractivity contribution in [3.63, 3.8) is 0 Å². The van der Waals surface area contributed by atoms with E-state index in [-0.39, 0.29) is 17.7 Å². The number of likely N-dealkylation sites (N-methyl/N-ethyl adjacent to an activating group) is 2. The summed E-state index contributed by atoms with van der Waals surface area (Å²) in [4.78, 5) is 29.3. The van der Waals surface area contributed by atoms with Gasteiger partial charge in [0.05, 0.1) is 28.3 Å². The van der Waals surface area contributed by atoms with Crippen molar-refractivity contribution in [3.05, 3.63) is 81.0 Å². The number of carbonyl (C=O) groups is 2. The van der Waals surface area contributed by atoms with Crippen molar-refractivity contribution in [1.29, 1.82) is 0 Å². The highest BCUT2D eigenvalue weighted by atomic mass is 35.5. The van der Waals surface area contributed by atoms with E-state index < -0.39 is 12.0 Å². The molecule has 1 atom stereocenters. The first-order valence-corrected chi connectivity index (χ1v) is 10.7. The molecule has 0 fully saturated rings. The molecule has 0 aromatic heterocycles. The first kappa shape index (κ1) is 23.1.